The summed E-state index contributed by atoms with van der Waals surface area (Å²) in [6, 6.07) is 13.2. The van der Waals surface area contributed by atoms with Gasteiger partial charge in [0, 0.05) is 11.4 Å². The zero-order valence-electron chi connectivity index (χ0n) is 14.9. The molecule has 0 radical (unpaired) electrons. The van der Waals surface area contributed by atoms with Crippen LogP contribution >= 0.6 is 0 Å². The van der Waals surface area contributed by atoms with Crippen LogP contribution in [0.25, 0.3) is 0 Å². The number of nitrogens with one attached hydrogen (secondary N) is 2. The van der Waals surface area contributed by atoms with E-state index in [-0.39, 0.29) is 11.8 Å². The highest BCUT2D eigenvalue weighted by molar-refractivity contribution is 6.14. The molecule has 0 aliphatic rings. The fourth-order valence-electron chi connectivity index (χ4n) is 2.19. The summed E-state index contributed by atoms with van der Waals surface area (Å²) in [5.74, 6) is -0.671. The highest BCUT2D eigenvalue weighted by Crippen LogP contribution is 2.24. The Labute approximate surface area is 143 Å². The number of rotatable bonds is 4. The van der Waals surface area contributed by atoms with E-state index in [4.69, 9.17) is 0 Å². The van der Waals surface area contributed by atoms with E-state index >= 15 is 0 Å². The molecular weight excluding hydrogens is 300 g/mol. The molecule has 24 heavy (non-hydrogen) atoms. The summed E-state index contributed by atoms with van der Waals surface area (Å²) in [4.78, 5) is 25.1. The highest BCUT2D eigenvalue weighted by atomic mass is 16.2. The largest absolute Gasteiger partial charge is 0.325 e. The molecule has 0 saturated carbocycles. The van der Waals surface area contributed by atoms with Crippen molar-refractivity contribution < 1.29 is 9.59 Å². The van der Waals surface area contributed by atoms with Crippen molar-refractivity contribution in [3.63, 3.8) is 0 Å². The number of anilines is 2. The Hall–Kier alpha value is -2.62. The van der Waals surface area contributed by atoms with Gasteiger partial charge in [-0.3, -0.25) is 9.59 Å². The van der Waals surface area contributed by atoms with Gasteiger partial charge < -0.3 is 10.6 Å². The number of carbonyl (C=O) groups is 2. The van der Waals surface area contributed by atoms with Gasteiger partial charge in [0.25, 0.3) is 0 Å². The van der Waals surface area contributed by atoms with Gasteiger partial charge in [-0.2, -0.15) is 0 Å². The highest BCUT2D eigenvalue weighted by Gasteiger charge is 2.36. The number of amides is 2. The zero-order valence-corrected chi connectivity index (χ0v) is 14.9. The van der Waals surface area contributed by atoms with E-state index in [0.717, 1.165) is 22.4 Å². The van der Waals surface area contributed by atoms with E-state index in [9.17, 15) is 9.59 Å². The molecule has 0 atom stereocenters. The molecule has 2 N–H and O–H groups in total. The minimum absolute atomic E-state index is 0.333. The molecule has 0 heterocycles. The lowest BCUT2D eigenvalue weighted by atomic mass is 9.90. The standard InChI is InChI=1S/C20H24N2O2/c1-13-9-11-16(12-10-13)21-18(23)20(4,5)19(24)22-17-8-6-7-14(2)15(17)3/h6-12H,1-5H3,(H,21,23)(H,22,24). The van der Waals surface area contributed by atoms with Crippen molar-refractivity contribution in [2.45, 2.75) is 34.6 Å². The fourth-order valence-corrected chi connectivity index (χ4v) is 2.19. The molecule has 4 heteroatoms. The second-order valence-electron chi connectivity index (χ2n) is 6.65. The summed E-state index contributed by atoms with van der Waals surface area (Å²) in [7, 11) is 0. The monoisotopic (exact) mass is 324 g/mol. The Kier molecular flexibility index (Phi) is 5.07. The van der Waals surface area contributed by atoms with E-state index in [1.165, 1.54) is 0 Å². The van der Waals surface area contributed by atoms with Crippen molar-refractivity contribution in [1.29, 1.82) is 0 Å². The Morgan fingerprint density at radius 3 is 2.04 bits per heavy atom. The van der Waals surface area contributed by atoms with Gasteiger partial charge in [0.15, 0.2) is 0 Å². The number of aryl methyl sites for hydroxylation is 2. The SMILES string of the molecule is Cc1ccc(NC(=O)C(C)(C)C(=O)Nc2cccc(C)c2C)cc1. The predicted molar refractivity (Wildman–Crippen MR) is 98.1 cm³/mol. The lowest BCUT2D eigenvalue weighted by Gasteiger charge is -2.23. The van der Waals surface area contributed by atoms with E-state index in [2.05, 4.69) is 10.6 Å². The number of hydrogen-bond acceptors (Lipinski definition) is 2. The molecule has 0 aromatic heterocycles. The summed E-state index contributed by atoms with van der Waals surface area (Å²) >= 11 is 0. The van der Waals surface area contributed by atoms with E-state index in [1.807, 2.05) is 63.2 Å². The van der Waals surface area contributed by atoms with Gasteiger partial charge in [-0.15, -0.1) is 0 Å². The van der Waals surface area contributed by atoms with Crippen LogP contribution in [0, 0.1) is 26.2 Å². The van der Waals surface area contributed by atoms with Gasteiger partial charge in [-0.1, -0.05) is 29.8 Å². The minimum atomic E-state index is -1.19. The molecule has 2 amide bonds. The first-order chi connectivity index (χ1) is 11.2. The van der Waals surface area contributed by atoms with Crippen molar-refractivity contribution in [3.05, 3.63) is 59.2 Å². The van der Waals surface area contributed by atoms with Crippen LogP contribution in [0.1, 0.15) is 30.5 Å². The summed E-state index contributed by atoms with van der Waals surface area (Å²) in [5, 5.41) is 5.67. The Bertz CT molecular complexity index is 762. The maximum atomic E-state index is 12.6. The Balaban J connectivity index is 2.12. The first-order valence-corrected chi connectivity index (χ1v) is 7.97. The first-order valence-electron chi connectivity index (χ1n) is 7.97. The quantitative estimate of drug-likeness (QED) is 0.828. The third kappa shape index (κ3) is 3.82. The van der Waals surface area contributed by atoms with Crippen molar-refractivity contribution in [3.8, 4) is 0 Å². The number of hydrogen-bond donors (Lipinski definition) is 2. The molecule has 0 aliphatic carbocycles. The topological polar surface area (TPSA) is 58.2 Å². The molecule has 0 saturated heterocycles. The van der Waals surface area contributed by atoms with Gasteiger partial charge in [0.2, 0.25) is 11.8 Å². The smallest absolute Gasteiger partial charge is 0.239 e. The van der Waals surface area contributed by atoms with Crippen molar-refractivity contribution in [2.24, 2.45) is 5.41 Å². The lowest BCUT2D eigenvalue weighted by Crippen LogP contribution is -2.41. The van der Waals surface area contributed by atoms with Crippen LogP contribution in [0.3, 0.4) is 0 Å². The van der Waals surface area contributed by atoms with Crippen LogP contribution in [0.2, 0.25) is 0 Å². The summed E-state index contributed by atoms with van der Waals surface area (Å²) < 4.78 is 0. The van der Waals surface area contributed by atoms with Crippen LogP contribution in [-0.4, -0.2) is 11.8 Å². The molecule has 0 unspecified atom stereocenters. The summed E-state index contributed by atoms with van der Waals surface area (Å²) in [6.07, 6.45) is 0. The summed E-state index contributed by atoms with van der Waals surface area (Å²) in [5.41, 5.74) is 3.42. The molecule has 0 aliphatic heterocycles. The molecule has 2 aromatic carbocycles. The van der Waals surface area contributed by atoms with Gasteiger partial charge in [-0.05, 0) is 63.9 Å². The van der Waals surface area contributed by atoms with Gasteiger partial charge >= 0.3 is 0 Å². The van der Waals surface area contributed by atoms with E-state index in [0.29, 0.717) is 5.69 Å². The van der Waals surface area contributed by atoms with Crippen LogP contribution in [0.5, 0.6) is 0 Å². The third-order valence-electron chi connectivity index (χ3n) is 4.30. The van der Waals surface area contributed by atoms with E-state index in [1.54, 1.807) is 13.8 Å². The minimum Gasteiger partial charge on any atom is -0.325 e. The third-order valence-corrected chi connectivity index (χ3v) is 4.30. The van der Waals surface area contributed by atoms with Crippen LogP contribution < -0.4 is 10.6 Å². The van der Waals surface area contributed by atoms with Gasteiger partial charge in [0.05, 0.1) is 0 Å². The average molecular weight is 324 g/mol. The zero-order chi connectivity index (χ0) is 17.9. The van der Waals surface area contributed by atoms with E-state index < -0.39 is 5.41 Å². The normalized spacial score (nSPS) is 11.0. The number of benzene rings is 2. The molecule has 126 valence electrons. The number of carbonyl (C=O) groups excluding carboxylic acids is 2. The van der Waals surface area contributed by atoms with Crippen LogP contribution in [0.15, 0.2) is 42.5 Å². The summed E-state index contributed by atoms with van der Waals surface area (Å²) in [6.45, 7) is 9.16. The fraction of sp³-hybridized carbons (Fsp3) is 0.300. The first kappa shape index (κ1) is 17.7. The second-order valence-corrected chi connectivity index (χ2v) is 6.65. The van der Waals surface area contributed by atoms with Gasteiger partial charge in [-0.25, -0.2) is 0 Å². The van der Waals surface area contributed by atoms with Gasteiger partial charge in [0.1, 0.15) is 5.41 Å². The average Bonchev–Trinajstić information content (AvgIpc) is 2.53. The van der Waals surface area contributed by atoms with Crippen molar-refractivity contribution in [2.75, 3.05) is 10.6 Å². The molecule has 0 bridgehead atoms. The molecule has 0 fully saturated rings. The van der Waals surface area contributed by atoms with Crippen molar-refractivity contribution in [1.82, 2.24) is 0 Å². The second kappa shape index (κ2) is 6.87. The molecule has 2 rings (SSSR count). The molecule has 4 nitrogen and oxygen atoms in total. The molecular formula is C20H24N2O2. The van der Waals surface area contributed by atoms with Crippen molar-refractivity contribution >= 4 is 23.2 Å². The molecule has 2 aromatic rings. The maximum Gasteiger partial charge on any atom is 0.239 e. The van der Waals surface area contributed by atoms with Crippen LogP contribution in [0.4, 0.5) is 11.4 Å². The maximum absolute atomic E-state index is 12.6. The van der Waals surface area contributed by atoms with Crippen LogP contribution in [-0.2, 0) is 9.59 Å². The molecule has 0 spiro atoms. The lowest BCUT2D eigenvalue weighted by molar-refractivity contribution is -0.135. The predicted octanol–water partition coefficient (Wildman–Crippen LogP) is 4.22. The Morgan fingerprint density at radius 2 is 1.42 bits per heavy atom. The Morgan fingerprint density at radius 1 is 0.833 bits per heavy atom.